The Morgan fingerprint density at radius 1 is 1.24 bits per heavy atom. The maximum absolute atomic E-state index is 6.25. The maximum Gasteiger partial charge on any atom is 0.0948 e. The van der Waals surface area contributed by atoms with Gasteiger partial charge in [0.2, 0.25) is 0 Å². The van der Waals surface area contributed by atoms with Crippen LogP contribution < -0.4 is 5.32 Å². The highest BCUT2D eigenvalue weighted by Gasteiger charge is 2.45. The Hall–Kier alpha value is -1.32. The lowest BCUT2D eigenvalue weighted by Crippen LogP contribution is -2.38. The molecule has 1 fully saturated rings. The van der Waals surface area contributed by atoms with Crippen molar-refractivity contribution in [3.05, 3.63) is 35.5 Å². The normalized spacial score (nSPS) is 23.4. The molecule has 0 amide bonds. The summed E-state index contributed by atoms with van der Waals surface area (Å²) in [6, 6.07) is 8.06. The van der Waals surface area contributed by atoms with Gasteiger partial charge in [0.25, 0.3) is 0 Å². The van der Waals surface area contributed by atoms with E-state index < -0.39 is 0 Å². The van der Waals surface area contributed by atoms with Crippen LogP contribution in [0.4, 0.5) is 5.69 Å². The van der Waals surface area contributed by atoms with Gasteiger partial charge in [-0.05, 0) is 58.4 Å². The zero-order valence-electron chi connectivity index (χ0n) is 12.9. The molecule has 2 heterocycles. The first kappa shape index (κ1) is 14.6. The van der Waals surface area contributed by atoms with E-state index in [4.69, 9.17) is 16.3 Å². The Morgan fingerprint density at radius 2 is 2.00 bits per heavy atom. The molecule has 4 heteroatoms. The monoisotopic (exact) mass is 304 g/mol. The highest BCUT2D eigenvalue weighted by atomic mass is 35.5. The molecule has 1 aromatic heterocycles. The van der Waals surface area contributed by atoms with Gasteiger partial charge in [0.15, 0.2) is 0 Å². The molecular formula is C17H21ClN2O. The predicted octanol–water partition coefficient (Wildman–Crippen LogP) is 4.65. The van der Waals surface area contributed by atoms with E-state index in [1.165, 1.54) is 0 Å². The first-order chi connectivity index (χ1) is 9.78. The SMILES string of the molecule is CC1(C)CC(Nc2ccc(Cl)c3cccnc23)C(C)(C)O1. The van der Waals surface area contributed by atoms with Gasteiger partial charge in [-0.2, -0.15) is 0 Å². The number of nitrogens with one attached hydrogen (secondary N) is 1. The summed E-state index contributed by atoms with van der Waals surface area (Å²) in [4.78, 5) is 4.48. The number of benzene rings is 1. The Bertz CT molecular complexity index is 682. The van der Waals surface area contributed by atoms with Crippen LogP contribution in [0.3, 0.4) is 0 Å². The fourth-order valence-electron chi connectivity index (χ4n) is 3.23. The minimum Gasteiger partial charge on any atom is -0.378 e. The average Bonchev–Trinajstić information content (AvgIpc) is 2.61. The van der Waals surface area contributed by atoms with Crippen molar-refractivity contribution in [2.24, 2.45) is 0 Å². The molecule has 1 N–H and O–H groups in total. The molecule has 1 saturated heterocycles. The molecule has 1 unspecified atom stereocenters. The topological polar surface area (TPSA) is 34.2 Å². The number of fused-ring (bicyclic) bond motifs is 1. The summed E-state index contributed by atoms with van der Waals surface area (Å²) in [6.45, 7) is 8.53. The lowest BCUT2D eigenvalue weighted by Gasteiger charge is -2.28. The molecule has 1 aliphatic rings. The number of nitrogens with zero attached hydrogens (tertiary/aromatic N) is 1. The van der Waals surface area contributed by atoms with E-state index in [2.05, 4.69) is 38.0 Å². The van der Waals surface area contributed by atoms with E-state index in [1.807, 2.05) is 24.3 Å². The molecule has 21 heavy (non-hydrogen) atoms. The second-order valence-electron chi connectivity index (χ2n) is 6.86. The Kier molecular flexibility index (Phi) is 3.38. The molecule has 3 rings (SSSR count). The van der Waals surface area contributed by atoms with E-state index >= 15 is 0 Å². The van der Waals surface area contributed by atoms with Crippen LogP contribution in [0.15, 0.2) is 30.5 Å². The zero-order valence-corrected chi connectivity index (χ0v) is 13.7. The van der Waals surface area contributed by atoms with Gasteiger partial charge in [0.05, 0.1) is 33.5 Å². The van der Waals surface area contributed by atoms with Crippen molar-refractivity contribution in [2.75, 3.05) is 5.32 Å². The van der Waals surface area contributed by atoms with E-state index in [9.17, 15) is 0 Å². The van der Waals surface area contributed by atoms with E-state index in [-0.39, 0.29) is 17.2 Å². The summed E-state index contributed by atoms with van der Waals surface area (Å²) in [5.41, 5.74) is 1.58. The van der Waals surface area contributed by atoms with Crippen molar-refractivity contribution in [1.82, 2.24) is 4.98 Å². The van der Waals surface area contributed by atoms with Crippen molar-refractivity contribution < 1.29 is 4.74 Å². The van der Waals surface area contributed by atoms with Gasteiger partial charge in [-0.25, -0.2) is 0 Å². The van der Waals surface area contributed by atoms with Crippen LogP contribution in [0, 0.1) is 0 Å². The predicted molar refractivity (Wildman–Crippen MR) is 88.0 cm³/mol. The largest absolute Gasteiger partial charge is 0.378 e. The minimum atomic E-state index is -0.218. The number of hydrogen-bond acceptors (Lipinski definition) is 3. The number of halogens is 1. The van der Waals surface area contributed by atoms with Crippen molar-refractivity contribution in [2.45, 2.75) is 51.4 Å². The molecule has 1 aromatic carbocycles. The number of aromatic nitrogens is 1. The van der Waals surface area contributed by atoms with Crippen molar-refractivity contribution in [3.63, 3.8) is 0 Å². The lowest BCUT2D eigenvalue weighted by molar-refractivity contribution is -0.0662. The fraction of sp³-hybridized carbons (Fsp3) is 0.471. The fourth-order valence-corrected chi connectivity index (χ4v) is 3.44. The molecule has 1 atom stereocenters. The van der Waals surface area contributed by atoms with Gasteiger partial charge in [-0.15, -0.1) is 0 Å². The van der Waals surface area contributed by atoms with Crippen LogP contribution in [-0.4, -0.2) is 22.2 Å². The Labute approximate surface area is 130 Å². The Morgan fingerprint density at radius 3 is 2.67 bits per heavy atom. The second-order valence-corrected chi connectivity index (χ2v) is 7.27. The van der Waals surface area contributed by atoms with Crippen LogP contribution in [0.25, 0.3) is 10.9 Å². The maximum atomic E-state index is 6.25. The second kappa shape index (κ2) is 4.85. The summed E-state index contributed by atoms with van der Waals surface area (Å²) in [5.74, 6) is 0. The summed E-state index contributed by atoms with van der Waals surface area (Å²) in [7, 11) is 0. The van der Waals surface area contributed by atoms with E-state index in [0.29, 0.717) is 0 Å². The van der Waals surface area contributed by atoms with Crippen LogP contribution in [0.2, 0.25) is 5.02 Å². The smallest absolute Gasteiger partial charge is 0.0948 e. The van der Waals surface area contributed by atoms with Gasteiger partial charge in [-0.3, -0.25) is 4.98 Å². The van der Waals surface area contributed by atoms with Crippen LogP contribution in [0.5, 0.6) is 0 Å². The summed E-state index contributed by atoms with van der Waals surface area (Å²) in [6.07, 6.45) is 2.75. The molecule has 0 aliphatic carbocycles. The summed E-state index contributed by atoms with van der Waals surface area (Å²) >= 11 is 6.25. The number of anilines is 1. The third-order valence-electron chi connectivity index (χ3n) is 4.12. The van der Waals surface area contributed by atoms with Crippen molar-refractivity contribution in [3.8, 4) is 0 Å². The molecule has 2 aromatic rings. The van der Waals surface area contributed by atoms with Gasteiger partial charge in [0, 0.05) is 11.6 Å². The molecule has 112 valence electrons. The highest BCUT2D eigenvalue weighted by Crippen LogP contribution is 2.40. The van der Waals surface area contributed by atoms with E-state index in [1.54, 1.807) is 6.20 Å². The van der Waals surface area contributed by atoms with Crippen LogP contribution in [-0.2, 0) is 4.74 Å². The standard InChI is InChI=1S/C17H21ClN2O/c1-16(2)10-14(17(3,4)21-16)20-13-8-7-12(18)11-6-5-9-19-15(11)13/h5-9,14,20H,10H2,1-4H3. The molecule has 0 bridgehead atoms. The third-order valence-corrected chi connectivity index (χ3v) is 4.45. The highest BCUT2D eigenvalue weighted by molar-refractivity contribution is 6.35. The minimum absolute atomic E-state index is 0.114. The van der Waals surface area contributed by atoms with Gasteiger partial charge < -0.3 is 10.1 Å². The summed E-state index contributed by atoms with van der Waals surface area (Å²) in [5, 5.41) is 5.31. The Balaban J connectivity index is 1.98. The molecular weight excluding hydrogens is 284 g/mol. The molecule has 0 radical (unpaired) electrons. The zero-order chi connectivity index (χ0) is 15.3. The number of pyridine rings is 1. The molecule has 1 aliphatic heterocycles. The molecule has 0 saturated carbocycles. The number of rotatable bonds is 2. The van der Waals surface area contributed by atoms with E-state index in [0.717, 1.165) is 28.0 Å². The lowest BCUT2D eigenvalue weighted by atomic mass is 9.94. The van der Waals surface area contributed by atoms with Crippen molar-refractivity contribution in [1.29, 1.82) is 0 Å². The average molecular weight is 305 g/mol. The summed E-state index contributed by atoms with van der Waals surface area (Å²) < 4.78 is 6.15. The van der Waals surface area contributed by atoms with Gasteiger partial charge >= 0.3 is 0 Å². The number of ether oxygens (including phenoxy) is 1. The van der Waals surface area contributed by atoms with Crippen molar-refractivity contribution >= 4 is 28.2 Å². The van der Waals surface area contributed by atoms with Crippen LogP contribution in [0.1, 0.15) is 34.1 Å². The first-order valence-electron chi connectivity index (χ1n) is 7.28. The molecule has 0 spiro atoms. The first-order valence-corrected chi connectivity index (χ1v) is 7.66. The quantitative estimate of drug-likeness (QED) is 0.877. The van der Waals surface area contributed by atoms with Crippen LogP contribution >= 0.6 is 11.6 Å². The number of hydrogen-bond donors (Lipinski definition) is 1. The van der Waals surface area contributed by atoms with Gasteiger partial charge in [-0.1, -0.05) is 11.6 Å². The molecule has 3 nitrogen and oxygen atoms in total. The third kappa shape index (κ3) is 2.72. The van der Waals surface area contributed by atoms with Gasteiger partial charge in [0.1, 0.15) is 0 Å².